The zero-order valence-electron chi connectivity index (χ0n) is 16.8. The van der Waals surface area contributed by atoms with Crippen molar-refractivity contribution in [2.24, 2.45) is 0 Å². The molecular formula is C22H22O7. The number of Topliss-reactive ketones (excluding diaryl/α,β-unsaturated/α-hetero) is 3. The molecule has 0 fully saturated rings. The topological polar surface area (TPSA) is 121 Å². The predicted molar refractivity (Wildman–Crippen MR) is 104 cm³/mol. The number of hydrogen-bond acceptors (Lipinski definition) is 7. The highest BCUT2D eigenvalue weighted by Crippen LogP contribution is 2.56. The minimum atomic E-state index is -2.68. The van der Waals surface area contributed by atoms with Gasteiger partial charge in [0.15, 0.2) is 5.60 Å². The molecule has 29 heavy (non-hydrogen) atoms. The number of carbonyl (C=O) groups is 3. The number of aromatic hydroxyl groups is 2. The third-order valence-electron chi connectivity index (χ3n) is 6.35. The number of ketones is 3. The Morgan fingerprint density at radius 1 is 1.14 bits per heavy atom. The molecule has 1 heterocycles. The van der Waals surface area contributed by atoms with Gasteiger partial charge in [-0.25, -0.2) is 0 Å². The van der Waals surface area contributed by atoms with Gasteiger partial charge in [0.1, 0.15) is 29.1 Å². The van der Waals surface area contributed by atoms with Crippen molar-refractivity contribution in [3.05, 3.63) is 28.3 Å². The number of rotatable bonds is 2. The minimum Gasteiger partial charge on any atom is -0.507 e. The second kappa shape index (κ2) is 5.57. The van der Waals surface area contributed by atoms with Crippen molar-refractivity contribution in [3.63, 3.8) is 0 Å². The summed E-state index contributed by atoms with van der Waals surface area (Å²) in [6.45, 7) is 8.40. The van der Waals surface area contributed by atoms with Crippen LogP contribution in [-0.2, 0) is 10.2 Å². The Morgan fingerprint density at radius 2 is 1.72 bits per heavy atom. The van der Waals surface area contributed by atoms with Gasteiger partial charge in [0, 0.05) is 28.2 Å². The average Bonchev–Trinajstić information content (AvgIpc) is 2.82. The van der Waals surface area contributed by atoms with E-state index in [0.29, 0.717) is 22.3 Å². The summed E-state index contributed by atoms with van der Waals surface area (Å²) in [7, 11) is 0. The van der Waals surface area contributed by atoms with E-state index in [4.69, 9.17) is 4.74 Å². The molecular weight excluding hydrogens is 376 g/mol. The van der Waals surface area contributed by atoms with Crippen LogP contribution in [0.2, 0.25) is 0 Å². The number of aliphatic hydroxyl groups is 1. The first kappa shape index (κ1) is 19.4. The fourth-order valence-corrected chi connectivity index (χ4v) is 4.55. The molecule has 1 aliphatic carbocycles. The van der Waals surface area contributed by atoms with E-state index in [1.54, 1.807) is 6.92 Å². The van der Waals surface area contributed by atoms with Crippen molar-refractivity contribution in [2.75, 3.05) is 0 Å². The van der Waals surface area contributed by atoms with Gasteiger partial charge >= 0.3 is 0 Å². The molecule has 0 saturated carbocycles. The number of phenols is 2. The molecule has 4 rings (SSSR count). The number of benzene rings is 2. The second-order valence-electron chi connectivity index (χ2n) is 8.64. The first-order valence-electron chi connectivity index (χ1n) is 9.37. The Balaban J connectivity index is 2.24. The van der Waals surface area contributed by atoms with Gasteiger partial charge in [0.2, 0.25) is 11.6 Å². The molecule has 2 aromatic rings. The van der Waals surface area contributed by atoms with E-state index >= 15 is 0 Å². The van der Waals surface area contributed by atoms with Crippen LogP contribution in [0.5, 0.6) is 17.2 Å². The fourth-order valence-electron chi connectivity index (χ4n) is 4.55. The smallest absolute Gasteiger partial charge is 0.207 e. The van der Waals surface area contributed by atoms with Gasteiger partial charge in [0.25, 0.3) is 0 Å². The molecule has 0 radical (unpaired) electrons. The molecule has 152 valence electrons. The fraction of sp³-hybridized carbons (Fsp3) is 0.409. The Hall–Kier alpha value is -2.93. The lowest BCUT2D eigenvalue weighted by atomic mass is 9.70. The molecule has 0 bridgehead atoms. The second-order valence-corrected chi connectivity index (χ2v) is 8.64. The number of hydrogen-bond donors (Lipinski definition) is 3. The summed E-state index contributed by atoms with van der Waals surface area (Å²) in [5.74, 6) is -3.14. The number of carbonyl (C=O) groups excluding carboxylic acids is 3. The molecule has 0 spiro atoms. The van der Waals surface area contributed by atoms with Crippen LogP contribution in [0.1, 0.15) is 66.0 Å². The highest BCUT2D eigenvalue weighted by Gasteiger charge is 2.54. The highest BCUT2D eigenvalue weighted by molar-refractivity contribution is 6.37. The molecule has 7 heteroatoms. The van der Waals surface area contributed by atoms with Gasteiger partial charge in [-0.2, -0.15) is 0 Å². The molecule has 1 aliphatic heterocycles. The van der Waals surface area contributed by atoms with E-state index in [9.17, 15) is 29.7 Å². The van der Waals surface area contributed by atoms with Crippen LogP contribution < -0.4 is 4.74 Å². The van der Waals surface area contributed by atoms with E-state index in [-0.39, 0.29) is 22.6 Å². The quantitative estimate of drug-likeness (QED) is 0.665. The summed E-state index contributed by atoms with van der Waals surface area (Å²) >= 11 is 0. The van der Waals surface area contributed by atoms with Crippen LogP contribution in [0.4, 0.5) is 0 Å². The Bertz CT molecular complexity index is 1160. The molecule has 2 atom stereocenters. The maximum Gasteiger partial charge on any atom is 0.207 e. The van der Waals surface area contributed by atoms with E-state index in [2.05, 4.69) is 0 Å². The van der Waals surface area contributed by atoms with Gasteiger partial charge in [-0.1, -0.05) is 13.8 Å². The van der Waals surface area contributed by atoms with Crippen LogP contribution in [0.25, 0.3) is 10.8 Å². The van der Waals surface area contributed by atoms with E-state index in [1.807, 2.05) is 20.8 Å². The van der Waals surface area contributed by atoms with Crippen molar-refractivity contribution >= 4 is 28.1 Å². The molecule has 2 unspecified atom stereocenters. The molecule has 0 aromatic heterocycles. The Morgan fingerprint density at radius 3 is 2.31 bits per heavy atom. The maximum atomic E-state index is 13.3. The third kappa shape index (κ3) is 2.19. The predicted octanol–water partition coefficient (Wildman–Crippen LogP) is 2.71. The maximum absolute atomic E-state index is 13.3. The van der Waals surface area contributed by atoms with E-state index in [1.165, 1.54) is 6.07 Å². The summed E-state index contributed by atoms with van der Waals surface area (Å²) in [6, 6.07) is 1.36. The zero-order valence-corrected chi connectivity index (χ0v) is 16.8. The molecule has 2 aliphatic rings. The highest BCUT2D eigenvalue weighted by atomic mass is 16.5. The average molecular weight is 398 g/mol. The summed E-state index contributed by atoms with van der Waals surface area (Å²) in [6.07, 6.45) is -1.08. The summed E-state index contributed by atoms with van der Waals surface area (Å²) in [5, 5.41) is 33.1. The monoisotopic (exact) mass is 398 g/mol. The molecule has 7 nitrogen and oxygen atoms in total. The van der Waals surface area contributed by atoms with Crippen molar-refractivity contribution in [3.8, 4) is 17.2 Å². The van der Waals surface area contributed by atoms with Crippen LogP contribution in [0.15, 0.2) is 6.07 Å². The standard InChI is InChI=1S/C22H22O7/c1-8-6-11(24)13-14-12(8)18-16(21(4,5)10(3)29-18)17(25)15(14)20(27)22(28,19(13)26)7-9(2)23/h6,10,24-25,28H,7H2,1-5H3. The molecule has 3 N–H and O–H groups in total. The van der Waals surface area contributed by atoms with Crippen LogP contribution in [0.3, 0.4) is 0 Å². The number of ether oxygens (including phenoxy) is 1. The SMILES string of the molecule is CC(=O)CC1(O)C(=O)c2c(O)cc(C)c3c4c(c(O)c(c23)C1=O)C(C)(C)C(C)O4. The number of phenolic OH excluding ortho intramolecular Hbond substituents is 2. The van der Waals surface area contributed by atoms with Gasteiger partial charge in [-0.15, -0.1) is 0 Å². The van der Waals surface area contributed by atoms with Crippen molar-refractivity contribution in [1.82, 2.24) is 0 Å². The lowest BCUT2D eigenvalue weighted by Gasteiger charge is -2.32. The molecule has 0 saturated heterocycles. The van der Waals surface area contributed by atoms with Crippen molar-refractivity contribution < 1.29 is 34.4 Å². The zero-order chi connectivity index (χ0) is 21.6. The minimum absolute atomic E-state index is 0.0480. The Kier molecular flexibility index (Phi) is 3.72. The summed E-state index contributed by atoms with van der Waals surface area (Å²) in [5.41, 5.74) is -2.93. The normalized spacial score (nSPS) is 24.6. The molecule has 2 aromatic carbocycles. The first-order chi connectivity index (χ1) is 13.3. The van der Waals surface area contributed by atoms with Gasteiger partial charge in [0.05, 0.1) is 11.1 Å². The van der Waals surface area contributed by atoms with E-state index < -0.39 is 46.3 Å². The summed E-state index contributed by atoms with van der Waals surface area (Å²) < 4.78 is 6.02. The lowest BCUT2D eigenvalue weighted by Crippen LogP contribution is -2.50. The summed E-state index contributed by atoms with van der Waals surface area (Å²) in [4.78, 5) is 38.1. The lowest BCUT2D eigenvalue weighted by molar-refractivity contribution is -0.119. The van der Waals surface area contributed by atoms with E-state index in [0.717, 1.165) is 6.92 Å². The Labute approximate surface area is 166 Å². The third-order valence-corrected chi connectivity index (χ3v) is 6.35. The van der Waals surface area contributed by atoms with Crippen molar-refractivity contribution in [1.29, 1.82) is 0 Å². The molecule has 0 amide bonds. The number of aryl methyl sites for hydroxylation is 1. The van der Waals surface area contributed by atoms with Gasteiger partial charge < -0.3 is 20.1 Å². The van der Waals surface area contributed by atoms with Crippen LogP contribution >= 0.6 is 0 Å². The largest absolute Gasteiger partial charge is 0.507 e. The van der Waals surface area contributed by atoms with Crippen molar-refractivity contribution in [2.45, 2.75) is 58.2 Å². The number of fused-ring (bicyclic) bond motifs is 2. The van der Waals surface area contributed by atoms with Crippen LogP contribution in [-0.4, -0.2) is 44.4 Å². The van der Waals surface area contributed by atoms with Crippen LogP contribution in [0, 0.1) is 6.92 Å². The van der Waals surface area contributed by atoms with Gasteiger partial charge in [-0.3, -0.25) is 14.4 Å². The first-order valence-corrected chi connectivity index (χ1v) is 9.37. The van der Waals surface area contributed by atoms with Gasteiger partial charge in [-0.05, 0) is 32.4 Å².